The van der Waals surface area contributed by atoms with Gasteiger partial charge in [0.2, 0.25) is 0 Å². The quantitative estimate of drug-likeness (QED) is 0.866. The molecule has 0 atom stereocenters. The van der Waals surface area contributed by atoms with Crippen molar-refractivity contribution in [1.29, 1.82) is 0 Å². The Morgan fingerprint density at radius 3 is 2.78 bits per heavy atom. The first-order valence-electron chi connectivity index (χ1n) is 7.07. The van der Waals surface area contributed by atoms with E-state index in [1.165, 1.54) is 37.8 Å². The van der Waals surface area contributed by atoms with E-state index in [0.29, 0.717) is 6.04 Å². The van der Waals surface area contributed by atoms with Crippen molar-refractivity contribution in [3.8, 4) is 0 Å². The summed E-state index contributed by atoms with van der Waals surface area (Å²) in [4.78, 5) is 6.61. The molecule has 0 amide bonds. The average Bonchev–Trinajstić information content (AvgIpc) is 2.40. The molecule has 100 valence electrons. The molecule has 1 aliphatic rings. The lowest BCUT2D eigenvalue weighted by atomic mass is 9.86. The summed E-state index contributed by atoms with van der Waals surface area (Å²) >= 11 is 0. The molecule has 18 heavy (non-hydrogen) atoms. The van der Waals surface area contributed by atoms with Crippen LogP contribution in [0, 0.1) is 5.92 Å². The summed E-state index contributed by atoms with van der Waals surface area (Å²) in [6.07, 6.45) is 9.92. The van der Waals surface area contributed by atoms with Gasteiger partial charge in [-0.15, -0.1) is 0 Å². The van der Waals surface area contributed by atoms with Crippen molar-refractivity contribution in [3.05, 3.63) is 30.1 Å². The van der Waals surface area contributed by atoms with Crippen molar-refractivity contribution in [2.45, 2.75) is 38.1 Å². The van der Waals surface area contributed by atoms with Crippen molar-refractivity contribution in [2.75, 3.05) is 20.1 Å². The van der Waals surface area contributed by atoms with Crippen LogP contribution in [0.15, 0.2) is 24.5 Å². The van der Waals surface area contributed by atoms with Gasteiger partial charge in [0.05, 0.1) is 0 Å². The van der Waals surface area contributed by atoms with Crippen LogP contribution in [0.5, 0.6) is 0 Å². The molecule has 1 fully saturated rings. The van der Waals surface area contributed by atoms with E-state index in [9.17, 15) is 0 Å². The van der Waals surface area contributed by atoms with Crippen LogP contribution in [0.1, 0.15) is 31.2 Å². The predicted octanol–water partition coefficient (Wildman–Crippen LogP) is 2.07. The Morgan fingerprint density at radius 2 is 2.11 bits per heavy atom. The molecule has 2 rings (SSSR count). The zero-order chi connectivity index (χ0) is 12.8. The van der Waals surface area contributed by atoms with E-state index in [1.54, 1.807) is 0 Å². The number of rotatable bonds is 5. The lowest BCUT2D eigenvalue weighted by molar-refractivity contribution is 0.225. The molecule has 1 saturated carbocycles. The fraction of sp³-hybridized carbons (Fsp3) is 0.667. The van der Waals surface area contributed by atoms with Crippen LogP contribution in [0.25, 0.3) is 0 Å². The number of nitrogens with two attached hydrogens (primary N) is 1. The Morgan fingerprint density at radius 1 is 1.33 bits per heavy atom. The third-order valence-electron chi connectivity index (χ3n) is 3.97. The van der Waals surface area contributed by atoms with Gasteiger partial charge in [0.25, 0.3) is 0 Å². The molecular formula is C15H25N3. The highest BCUT2D eigenvalue weighted by molar-refractivity contribution is 5.08. The fourth-order valence-corrected chi connectivity index (χ4v) is 2.77. The van der Waals surface area contributed by atoms with Crippen LogP contribution in [-0.4, -0.2) is 36.1 Å². The molecule has 1 aromatic heterocycles. The average molecular weight is 247 g/mol. The molecule has 0 unspecified atom stereocenters. The maximum absolute atomic E-state index is 5.94. The molecule has 1 aromatic rings. The number of hydrogen-bond donors (Lipinski definition) is 1. The first-order valence-corrected chi connectivity index (χ1v) is 7.07. The number of likely N-dealkylation sites (N-methyl/N-ethyl adjacent to an activating group) is 1. The van der Waals surface area contributed by atoms with Crippen LogP contribution in [0.4, 0.5) is 0 Å². The Labute approximate surface area is 110 Å². The number of hydrogen-bond acceptors (Lipinski definition) is 3. The second-order valence-electron chi connectivity index (χ2n) is 5.65. The molecule has 3 heteroatoms. The first kappa shape index (κ1) is 13.5. The summed E-state index contributed by atoms with van der Waals surface area (Å²) in [5.74, 6) is 0.851. The van der Waals surface area contributed by atoms with Crippen LogP contribution in [-0.2, 0) is 6.42 Å². The summed E-state index contributed by atoms with van der Waals surface area (Å²) < 4.78 is 0. The van der Waals surface area contributed by atoms with Gasteiger partial charge in [-0.05, 0) is 56.7 Å². The van der Waals surface area contributed by atoms with Gasteiger partial charge in [0.1, 0.15) is 0 Å². The third-order valence-corrected chi connectivity index (χ3v) is 3.97. The lowest BCUT2D eigenvalue weighted by Gasteiger charge is -2.29. The molecule has 0 aliphatic heterocycles. The van der Waals surface area contributed by atoms with Crippen molar-refractivity contribution >= 4 is 0 Å². The van der Waals surface area contributed by atoms with Gasteiger partial charge in [-0.1, -0.05) is 6.07 Å². The molecular weight excluding hydrogens is 222 g/mol. The van der Waals surface area contributed by atoms with E-state index in [1.807, 2.05) is 18.5 Å². The summed E-state index contributed by atoms with van der Waals surface area (Å²) in [7, 11) is 2.23. The second kappa shape index (κ2) is 6.86. The molecule has 1 heterocycles. The molecule has 3 nitrogen and oxygen atoms in total. The van der Waals surface area contributed by atoms with E-state index in [2.05, 4.69) is 23.0 Å². The maximum atomic E-state index is 5.94. The summed E-state index contributed by atoms with van der Waals surface area (Å²) in [6, 6.07) is 4.63. The standard InChI is InChI=1S/C15H25N3/c1-18(10-8-13-3-2-9-17-11-13)12-14-4-6-15(16)7-5-14/h2-3,9,11,14-15H,4-8,10,12,16H2,1H3. The van der Waals surface area contributed by atoms with E-state index in [-0.39, 0.29) is 0 Å². The largest absolute Gasteiger partial charge is 0.328 e. The highest BCUT2D eigenvalue weighted by Crippen LogP contribution is 2.23. The third kappa shape index (κ3) is 4.39. The van der Waals surface area contributed by atoms with Crippen molar-refractivity contribution in [3.63, 3.8) is 0 Å². The first-order chi connectivity index (χ1) is 8.74. The van der Waals surface area contributed by atoms with Crippen LogP contribution < -0.4 is 5.73 Å². The Kier molecular flexibility index (Phi) is 5.14. The van der Waals surface area contributed by atoms with Gasteiger partial charge in [-0.25, -0.2) is 0 Å². The zero-order valence-electron chi connectivity index (χ0n) is 11.4. The highest BCUT2D eigenvalue weighted by Gasteiger charge is 2.19. The molecule has 0 bridgehead atoms. The molecule has 2 N–H and O–H groups in total. The van der Waals surface area contributed by atoms with Gasteiger partial charge in [0.15, 0.2) is 0 Å². The zero-order valence-corrected chi connectivity index (χ0v) is 11.4. The van der Waals surface area contributed by atoms with E-state index >= 15 is 0 Å². The minimum absolute atomic E-state index is 0.460. The van der Waals surface area contributed by atoms with Gasteiger partial charge in [-0.2, -0.15) is 0 Å². The Balaban J connectivity index is 1.67. The summed E-state index contributed by atoms with van der Waals surface area (Å²) in [5, 5.41) is 0. The van der Waals surface area contributed by atoms with Crippen LogP contribution >= 0.6 is 0 Å². The minimum atomic E-state index is 0.460. The topological polar surface area (TPSA) is 42.2 Å². The SMILES string of the molecule is CN(CCc1cccnc1)CC1CCC(N)CC1. The van der Waals surface area contributed by atoms with Crippen LogP contribution in [0.3, 0.4) is 0 Å². The maximum Gasteiger partial charge on any atom is 0.0300 e. The minimum Gasteiger partial charge on any atom is -0.328 e. The van der Waals surface area contributed by atoms with Gasteiger partial charge < -0.3 is 10.6 Å². The number of pyridine rings is 1. The monoisotopic (exact) mass is 247 g/mol. The number of aromatic nitrogens is 1. The van der Waals surface area contributed by atoms with Crippen molar-refractivity contribution in [2.24, 2.45) is 11.7 Å². The molecule has 0 aromatic carbocycles. The molecule has 0 saturated heterocycles. The van der Waals surface area contributed by atoms with Crippen LogP contribution in [0.2, 0.25) is 0 Å². The predicted molar refractivity (Wildman–Crippen MR) is 75.4 cm³/mol. The summed E-state index contributed by atoms with van der Waals surface area (Å²) in [6.45, 7) is 2.33. The second-order valence-corrected chi connectivity index (χ2v) is 5.65. The lowest BCUT2D eigenvalue weighted by Crippen LogP contribution is -2.33. The number of nitrogens with zero attached hydrogens (tertiary/aromatic N) is 2. The van der Waals surface area contributed by atoms with Gasteiger partial charge >= 0.3 is 0 Å². The van der Waals surface area contributed by atoms with E-state index < -0.39 is 0 Å². The van der Waals surface area contributed by atoms with Crippen molar-refractivity contribution in [1.82, 2.24) is 9.88 Å². The fourth-order valence-electron chi connectivity index (χ4n) is 2.77. The Hall–Kier alpha value is -0.930. The Bertz CT molecular complexity index is 331. The molecule has 0 radical (unpaired) electrons. The van der Waals surface area contributed by atoms with E-state index in [0.717, 1.165) is 18.9 Å². The molecule has 0 spiro atoms. The normalized spacial score (nSPS) is 24.4. The van der Waals surface area contributed by atoms with Gasteiger partial charge in [-0.3, -0.25) is 4.98 Å². The van der Waals surface area contributed by atoms with Gasteiger partial charge in [0, 0.05) is 31.5 Å². The molecule has 1 aliphatic carbocycles. The van der Waals surface area contributed by atoms with E-state index in [4.69, 9.17) is 5.73 Å². The smallest absolute Gasteiger partial charge is 0.0300 e. The summed E-state index contributed by atoms with van der Waals surface area (Å²) in [5.41, 5.74) is 7.27. The van der Waals surface area contributed by atoms with Crippen molar-refractivity contribution < 1.29 is 0 Å². The highest BCUT2D eigenvalue weighted by atomic mass is 15.1.